The second-order valence-corrected chi connectivity index (χ2v) is 6.04. The van der Waals surface area contributed by atoms with E-state index < -0.39 is 11.8 Å². The Kier molecular flexibility index (Phi) is 5.04. The molecule has 3 N–H and O–H groups in total. The number of imidazole rings is 1. The molecule has 10 heteroatoms. The molecule has 0 spiro atoms. The third-order valence-electron chi connectivity index (χ3n) is 4.45. The number of hydrogen-bond donors (Lipinski definition) is 2. The zero-order valence-corrected chi connectivity index (χ0v) is 14.5. The van der Waals surface area contributed by atoms with Crippen molar-refractivity contribution in [3.05, 3.63) is 16.7 Å². The zero-order chi connectivity index (χ0) is 18.0. The molecule has 0 radical (unpaired) electrons. The quantitative estimate of drug-likeness (QED) is 0.746. The molecule has 10 nitrogen and oxygen atoms in total. The minimum atomic E-state index is -0.676. The van der Waals surface area contributed by atoms with E-state index >= 15 is 0 Å². The number of ether oxygens (including phenoxy) is 4. The Labute approximate surface area is 144 Å². The third kappa shape index (κ3) is 3.25. The van der Waals surface area contributed by atoms with Crippen LogP contribution < -0.4 is 11.3 Å². The van der Waals surface area contributed by atoms with Gasteiger partial charge in [-0.15, -0.1) is 0 Å². The van der Waals surface area contributed by atoms with Gasteiger partial charge in [0.15, 0.2) is 11.2 Å². The fourth-order valence-electron chi connectivity index (χ4n) is 3.21. The maximum absolute atomic E-state index is 11.9. The molecule has 1 saturated heterocycles. The summed E-state index contributed by atoms with van der Waals surface area (Å²) in [5.41, 5.74) is 5.16. The van der Waals surface area contributed by atoms with E-state index in [1.54, 1.807) is 18.8 Å². The molecule has 0 aromatic carbocycles. The first kappa shape index (κ1) is 17.8. The van der Waals surface area contributed by atoms with Gasteiger partial charge in [-0.3, -0.25) is 14.3 Å². The van der Waals surface area contributed by atoms with Crippen molar-refractivity contribution in [1.82, 2.24) is 19.5 Å². The van der Waals surface area contributed by atoms with Gasteiger partial charge in [0.25, 0.3) is 5.56 Å². The number of aromatic amines is 1. The minimum absolute atomic E-state index is 0.0267. The Morgan fingerprint density at radius 1 is 1.56 bits per heavy atom. The predicted molar refractivity (Wildman–Crippen MR) is 89.2 cm³/mol. The van der Waals surface area contributed by atoms with Crippen LogP contribution in [0.25, 0.3) is 11.2 Å². The lowest BCUT2D eigenvalue weighted by molar-refractivity contribution is -0.239. The molecule has 1 aliphatic rings. The number of H-pyrrole nitrogens is 1. The van der Waals surface area contributed by atoms with Crippen LogP contribution in [0.15, 0.2) is 11.1 Å². The number of anilines is 1. The number of methoxy groups -OCH3 is 2. The van der Waals surface area contributed by atoms with Gasteiger partial charge in [-0.1, -0.05) is 0 Å². The monoisotopic (exact) mass is 353 g/mol. The van der Waals surface area contributed by atoms with Gasteiger partial charge in [-0.25, -0.2) is 4.98 Å². The summed E-state index contributed by atoms with van der Waals surface area (Å²) in [4.78, 5) is 22.7. The average Bonchev–Trinajstić information content (AvgIpc) is 2.99. The lowest BCUT2D eigenvalue weighted by Crippen LogP contribution is -2.56. The first-order valence-corrected chi connectivity index (χ1v) is 8.00. The van der Waals surface area contributed by atoms with Gasteiger partial charge in [0, 0.05) is 27.2 Å². The van der Waals surface area contributed by atoms with Crippen molar-refractivity contribution in [1.29, 1.82) is 0 Å². The topological polar surface area (TPSA) is 127 Å². The number of rotatable bonds is 6. The predicted octanol–water partition coefficient (Wildman–Crippen LogP) is 0.0574. The van der Waals surface area contributed by atoms with E-state index in [9.17, 15) is 4.79 Å². The molecular formula is C15H23N5O5. The molecule has 1 fully saturated rings. The van der Waals surface area contributed by atoms with Crippen molar-refractivity contribution in [3.8, 4) is 0 Å². The fraction of sp³-hybridized carbons (Fsp3) is 0.667. The zero-order valence-electron chi connectivity index (χ0n) is 14.5. The summed E-state index contributed by atoms with van der Waals surface area (Å²) in [6.45, 7) is 3.16. The number of hydrogen-bond acceptors (Lipinski definition) is 8. The second kappa shape index (κ2) is 7.08. The van der Waals surface area contributed by atoms with Crippen LogP contribution in [0.2, 0.25) is 0 Å². The number of nitrogens with one attached hydrogen (secondary N) is 1. The first-order chi connectivity index (χ1) is 12.0. The molecule has 25 heavy (non-hydrogen) atoms. The van der Waals surface area contributed by atoms with Crippen molar-refractivity contribution >= 4 is 17.1 Å². The summed E-state index contributed by atoms with van der Waals surface area (Å²) in [7, 11) is 3.23. The summed E-state index contributed by atoms with van der Waals surface area (Å²) in [6.07, 6.45) is 1.38. The van der Waals surface area contributed by atoms with Crippen LogP contribution in [0.3, 0.4) is 0 Å². The van der Waals surface area contributed by atoms with Crippen molar-refractivity contribution in [2.45, 2.75) is 31.3 Å². The molecule has 138 valence electrons. The van der Waals surface area contributed by atoms with Crippen LogP contribution in [0, 0.1) is 0 Å². The molecule has 3 atom stereocenters. The van der Waals surface area contributed by atoms with Gasteiger partial charge in [-0.05, 0) is 6.92 Å². The Bertz CT molecular complexity index is 786. The molecule has 1 aliphatic heterocycles. The molecule has 0 saturated carbocycles. The molecule has 0 amide bonds. The molecular weight excluding hydrogens is 330 g/mol. The van der Waals surface area contributed by atoms with E-state index in [1.807, 2.05) is 6.92 Å². The Morgan fingerprint density at radius 2 is 2.36 bits per heavy atom. The molecule has 0 aliphatic carbocycles. The van der Waals surface area contributed by atoms with E-state index in [0.29, 0.717) is 31.9 Å². The smallest absolute Gasteiger partial charge is 0.280 e. The Balaban J connectivity index is 1.94. The van der Waals surface area contributed by atoms with Gasteiger partial charge in [0.2, 0.25) is 5.95 Å². The van der Waals surface area contributed by atoms with Crippen molar-refractivity contribution in [2.24, 2.45) is 0 Å². The van der Waals surface area contributed by atoms with E-state index in [0.717, 1.165) is 0 Å². The van der Waals surface area contributed by atoms with Gasteiger partial charge >= 0.3 is 0 Å². The average molecular weight is 353 g/mol. The lowest BCUT2D eigenvalue weighted by Gasteiger charge is -2.43. The van der Waals surface area contributed by atoms with E-state index in [1.165, 1.54) is 6.33 Å². The molecule has 3 heterocycles. The highest BCUT2D eigenvalue weighted by Crippen LogP contribution is 2.32. The maximum atomic E-state index is 11.9. The number of nitrogens with two attached hydrogens (primary N) is 1. The first-order valence-electron chi connectivity index (χ1n) is 8.00. The normalized spacial score (nSPS) is 25.3. The Hall–Kier alpha value is -2.01. The van der Waals surface area contributed by atoms with Crippen LogP contribution in [0.4, 0.5) is 5.95 Å². The van der Waals surface area contributed by atoms with E-state index in [4.69, 9.17) is 24.7 Å². The van der Waals surface area contributed by atoms with Crippen LogP contribution in [-0.4, -0.2) is 65.3 Å². The summed E-state index contributed by atoms with van der Waals surface area (Å²) in [5, 5.41) is 0. The fourth-order valence-corrected chi connectivity index (χ4v) is 3.21. The standard InChI is InChI=1S/C15H23N5O5/c1-9(20-8-17-11-12(20)18-14(16)19-13(11)21)25-15(7-22-2)4-5-24-6-10(15)23-3/h8-10H,4-7H2,1-3H3,(H3,16,18,19,21)/t9?,10-,15-/m1/s1. The Morgan fingerprint density at radius 3 is 3.08 bits per heavy atom. The molecule has 3 rings (SSSR count). The summed E-state index contributed by atoms with van der Waals surface area (Å²) < 4.78 is 24.5. The van der Waals surface area contributed by atoms with Gasteiger partial charge in [0.05, 0.1) is 19.5 Å². The summed E-state index contributed by atoms with van der Waals surface area (Å²) in [5.74, 6) is 0.0267. The largest absolute Gasteiger partial charge is 0.382 e. The molecule has 0 bridgehead atoms. The number of nitrogens with zero attached hydrogens (tertiary/aromatic N) is 3. The molecule has 1 unspecified atom stereocenters. The van der Waals surface area contributed by atoms with Crippen LogP contribution in [-0.2, 0) is 18.9 Å². The van der Waals surface area contributed by atoms with Crippen LogP contribution >= 0.6 is 0 Å². The highest BCUT2D eigenvalue weighted by atomic mass is 16.6. The SMILES string of the molecule is COC[C@]1(OC(C)n2cnc3c(=O)[nH]c(N)nc32)CCOC[C@H]1OC. The third-order valence-corrected chi connectivity index (χ3v) is 4.45. The minimum Gasteiger partial charge on any atom is -0.382 e. The van der Waals surface area contributed by atoms with Gasteiger partial charge in [-0.2, -0.15) is 4.98 Å². The van der Waals surface area contributed by atoms with E-state index in [2.05, 4.69) is 15.0 Å². The van der Waals surface area contributed by atoms with Crippen LogP contribution in [0.5, 0.6) is 0 Å². The highest BCUT2D eigenvalue weighted by Gasteiger charge is 2.45. The molecule has 2 aromatic heterocycles. The van der Waals surface area contributed by atoms with Crippen molar-refractivity contribution in [3.63, 3.8) is 0 Å². The maximum Gasteiger partial charge on any atom is 0.280 e. The van der Waals surface area contributed by atoms with Gasteiger partial charge < -0.3 is 24.7 Å². The van der Waals surface area contributed by atoms with Crippen molar-refractivity contribution < 1.29 is 18.9 Å². The van der Waals surface area contributed by atoms with E-state index in [-0.39, 0.29) is 23.1 Å². The van der Waals surface area contributed by atoms with Crippen molar-refractivity contribution in [2.75, 3.05) is 39.8 Å². The number of fused-ring (bicyclic) bond motifs is 1. The highest BCUT2D eigenvalue weighted by molar-refractivity contribution is 5.70. The number of nitrogen functional groups attached to an aromatic ring is 1. The van der Waals surface area contributed by atoms with Crippen LogP contribution in [0.1, 0.15) is 19.6 Å². The lowest BCUT2D eigenvalue weighted by atomic mass is 9.91. The van der Waals surface area contributed by atoms with Gasteiger partial charge in [0.1, 0.15) is 17.9 Å². The summed E-state index contributed by atoms with van der Waals surface area (Å²) in [6, 6.07) is 0. The molecule has 2 aromatic rings. The second-order valence-electron chi connectivity index (χ2n) is 6.04. The summed E-state index contributed by atoms with van der Waals surface area (Å²) >= 11 is 0. The number of aromatic nitrogens is 4.